The first-order valence-electron chi connectivity index (χ1n) is 8.34. The van der Waals surface area contributed by atoms with Crippen LogP contribution in [0.4, 0.5) is 18.9 Å². The Balaban J connectivity index is 1.71. The maximum Gasteiger partial charge on any atom is 0.418 e. The molecule has 0 spiro atoms. The van der Waals surface area contributed by atoms with E-state index < -0.39 is 29.7 Å². The fourth-order valence-electron chi connectivity index (χ4n) is 3.63. The first-order valence-corrected chi connectivity index (χ1v) is 8.34. The quantitative estimate of drug-likeness (QED) is 0.804. The number of ether oxygens (including phenoxy) is 1. The number of amides is 1. The molecule has 3 rings (SSSR count). The molecule has 3 atom stereocenters. The van der Waals surface area contributed by atoms with Gasteiger partial charge >= 0.3 is 12.1 Å². The lowest BCUT2D eigenvalue weighted by atomic mass is 9.97. The standard InChI is InChI=1S/C17H19F3N2O3/c18-17(19,20)12-6-1-2-7-13(12)21-15(23)9-14-16(24)25-10-11-5-3-4-8-22(11)14/h1-2,6-7,11,14H,3-5,8-10H2,(H,21,23)/p+1/t11-,14-/m1/s1. The van der Waals surface area contributed by atoms with Gasteiger partial charge in [0.15, 0.2) is 6.04 Å². The summed E-state index contributed by atoms with van der Waals surface area (Å²) in [6, 6.07) is 4.32. The summed E-state index contributed by atoms with van der Waals surface area (Å²) in [6.07, 6.45) is -1.79. The van der Waals surface area contributed by atoms with Crippen molar-refractivity contribution in [2.45, 2.75) is 43.9 Å². The van der Waals surface area contributed by atoms with Crippen molar-refractivity contribution in [2.24, 2.45) is 0 Å². The fourth-order valence-corrected chi connectivity index (χ4v) is 3.63. The second-order valence-electron chi connectivity index (χ2n) is 6.50. The number of piperidine rings is 1. The van der Waals surface area contributed by atoms with E-state index in [2.05, 4.69) is 5.32 Å². The molecule has 1 unspecified atom stereocenters. The summed E-state index contributed by atoms with van der Waals surface area (Å²) in [5.74, 6) is -1.07. The van der Waals surface area contributed by atoms with Gasteiger partial charge in [-0.2, -0.15) is 13.2 Å². The third kappa shape index (κ3) is 3.95. The van der Waals surface area contributed by atoms with Crippen LogP contribution in [0.5, 0.6) is 0 Å². The number of carbonyl (C=O) groups is 2. The number of para-hydroxylation sites is 1. The average molecular weight is 357 g/mol. The molecule has 0 aliphatic carbocycles. The molecule has 2 heterocycles. The number of anilines is 1. The molecular weight excluding hydrogens is 337 g/mol. The Morgan fingerprint density at radius 1 is 1.28 bits per heavy atom. The van der Waals surface area contributed by atoms with Crippen LogP contribution in [0, 0.1) is 0 Å². The van der Waals surface area contributed by atoms with Gasteiger partial charge in [0.05, 0.1) is 24.2 Å². The number of cyclic esters (lactones) is 1. The Morgan fingerprint density at radius 2 is 2.04 bits per heavy atom. The molecule has 2 aliphatic heterocycles. The van der Waals surface area contributed by atoms with E-state index in [1.807, 2.05) is 0 Å². The number of alkyl halides is 3. The van der Waals surface area contributed by atoms with Crippen molar-refractivity contribution in [2.75, 3.05) is 18.5 Å². The second kappa shape index (κ2) is 7.03. The molecule has 0 aromatic heterocycles. The number of carbonyl (C=O) groups excluding carboxylic acids is 2. The van der Waals surface area contributed by atoms with Crippen LogP contribution in [0.1, 0.15) is 31.2 Å². The zero-order chi connectivity index (χ0) is 18.0. The van der Waals surface area contributed by atoms with Crippen molar-refractivity contribution < 1.29 is 32.4 Å². The van der Waals surface area contributed by atoms with E-state index in [4.69, 9.17) is 4.74 Å². The molecule has 2 saturated heterocycles. The predicted molar refractivity (Wildman–Crippen MR) is 82.9 cm³/mol. The Kier molecular flexibility index (Phi) is 4.99. The van der Waals surface area contributed by atoms with Crippen molar-refractivity contribution in [3.8, 4) is 0 Å². The maximum absolute atomic E-state index is 13.0. The highest BCUT2D eigenvalue weighted by Gasteiger charge is 2.44. The van der Waals surface area contributed by atoms with E-state index in [0.29, 0.717) is 6.61 Å². The van der Waals surface area contributed by atoms with E-state index >= 15 is 0 Å². The summed E-state index contributed by atoms with van der Waals surface area (Å²) in [5, 5.41) is 2.30. The highest BCUT2D eigenvalue weighted by atomic mass is 19.4. The summed E-state index contributed by atoms with van der Waals surface area (Å²) in [4.78, 5) is 25.4. The molecule has 0 bridgehead atoms. The highest BCUT2D eigenvalue weighted by molar-refractivity contribution is 5.94. The number of esters is 1. The number of hydrogen-bond acceptors (Lipinski definition) is 3. The second-order valence-corrected chi connectivity index (χ2v) is 6.50. The van der Waals surface area contributed by atoms with Crippen molar-refractivity contribution in [1.82, 2.24) is 0 Å². The van der Waals surface area contributed by atoms with Crippen molar-refractivity contribution in [3.63, 3.8) is 0 Å². The first-order chi connectivity index (χ1) is 11.9. The normalized spacial score (nSPS) is 26.5. The molecule has 0 radical (unpaired) electrons. The number of quaternary nitrogens is 1. The van der Waals surface area contributed by atoms with Crippen LogP contribution in [-0.2, 0) is 20.5 Å². The van der Waals surface area contributed by atoms with Gasteiger partial charge in [-0.3, -0.25) is 4.79 Å². The van der Waals surface area contributed by atoms with E-state index in [9.17, 15) is 22.8 Å². The molecule has 1 amide bonds. The lowest BCUT2D eigenvalue weighted by Gasteiger charge is -2.40. The van der Waals surface area contributed by atoms with Crippen LogP contribution >= 0.6 is 0 Å². The van der Waals surface area contributed by atoms with Gasteiger partial charge in [0.2, 0.25) is 5.91 Å². The van der Waals surface area contributed by atoms with Gasteiger partial charge < -0.3 is 15.0 Å². The van der Waals surface area contributed by atoms with Crippen LogP contribution in [0.3, 0.4) is 0 Å². The smallest absolute Gasteiger partial charge is 0.418 e. The molecule has 1 aromatic rings. The third-order valence-electron chi connectivity index (χ3n) is 4.85. The van der Waals surface area contributed by atoms with E-state index in [-0.39, 0.29) is 18.2 Å². The summed E-state index contributed by atoms with van der Waals surface area (Å²) < 4.78 is 44.2. The summed E-state index contributed by atoms with van der Waals surface area (Å²) in [6.45, 7) is 1.13. The zero-order valence-electron chi connectivity index (χ0n) is 13.6. The largest absolute Gasteiger partial charge is 0.455 e. The van der Waals surface area contributed by atoms with Gasteiger partial charge in [0, 0.05) is 6.42 Å². The molecule has 1 aromatic carbocycles. The topological polar surface area (TPSA) is 59.8 Å². The Bertz CT molecular complexity index is 663. The summed E-state index contributed by atoms with van der Waals surface area (Å²) in [7, 11) is 0. The number of morpholine rings is 1. The minimum Gasteiger partial charge on any atom is -0.455 e. The molecule has 25 heavy (non-hydrogen) atoms. The highest BCUT2D eigenvalue weighted by Crippen LogP contribution is 2.34. The minimum absolute atomic E-state index is 0.173. The number of hydrogen-bond donors (Lipinski definition) is 2. The van der Waals surface area contributed by atoms with Crippen LogP contribution in [0.2, 0.25) is 0 Å². The molecule has 2 N–H and O–H groups in total. The molecule has 2 fully saturated rings. The van der Waals surface area contributed by atoms with Gasteiger partial charge in [-0.25, -0.2) is 4.79 Å². The SMILES string of the molecule is O=C(C[C@@H]1C(=O)OC[C@H]2CCCC[NH+]21)Nc1ccccc1C(F)(F)F. The Hall–Kier alpha value is -2.09. The lowest BCUT2D eigenvalue weighted by molar-refractivity contribution is -0.951. The predicted octanol–water partition coefficient (Wildman–Crippen LogP) is 1.40. The van der Waals surface area contributed by atoms with Crippen molar-refractivity contribution in [3.05, 3.63) is 29.8 Å². The van der Waals surface area contributed by atoms with Crippen molar-refractivity contribution >= 4 is 17.6 Å². The summed E-state index contributed by atoms with van der Waals surface area (Å²) in [5.41, 5.74) is -1.20. The van der Waals surface area contributed by atoms with Gasteiger partial charge in [-0.05, 0) is 25.0 Å². The number of fused-ring (bicyclic) bond motifs is 1. The van der Waals surface area contributed by atoms with Gasteiger partial charge in [-0.15, -0.1) is 0 Å². The molecule has 8 heteroatoms. The molecule has 2 aliphatic rings. The number of rotatable bonds is 3. The minimum atomic E-state index is -4.56. The van der Waals surface area contributed by atoms with Gasteiger partial charge in [0.25, 0.3) is 0 Å². The number of benzene rings is 1. The Labute approximate surface area is 143 Å². The third-order valence-corrected chi connectivity index (χ3v) is 4.85. The van der Waals surface area contributed by atoms with Crippen LogP contribution in [0.15, 0.2) is 24.3 Å². The van der Waals surface area contributed by atoms with E-state index in [1.54, 1.807) is 0 Å². The van der Waals surface area contributed by atoms with Crippen LogP contribution in [-0.4, -0.2) is 37.1 Å². The molecule has 136 valence electrons. The average Bonchev–Trinajstić information content (AvgIpc) is 2.57. The molecule has 5 nitrogen and oxygen atoms in total. The number of nitrogens with one attached hydrogen (secondary N) is 2. The van der Waals surface area contributed by atoms with E-state index in [0.717, 1.165) is 36.8 Å². The molecular formula is C17H20F3N2O3+. The monoisotopic (exact) mass is 357 g/mol. The molecule has 0 saturated carbocycles. The fraction of sp³-hybridized carbons (Fsp3) is 0.529. The Morgan fingerprint density at radius 3 is 2.80 bits per heavy atom. The van der Waals surface area contributed by atoms with Crippen LogP contribution in [0.25, 0.3) is 0 Å². The number of halogens is 3. The van der Waals surface area contributed by atoms with Gasteiger partial charge in [-0.1, -0.05) is 12.1 Å². The van der Waals surface area contributed by atoms with E-state index in [1.165, 1.54) is 18.2 Å². The first kappa shape index (κ1) is 17.7. The van der Waals surface area contributed by atoms with Crippen molar-refractivity contribution in [1.29, 1.82) is 0 Å². The van der Waals surface area contributed by atoms with Crippen LogP contribution < -0.4 is 10.2 Å². The lowest BCUT2D eigenvalue weighted by Crippen LogP contribution is -3.22. The summed E-state index contributed by atoms with van der Waals surface area (Å²) >= 11 is 0. The maximum atomic E-state index is 13.0. The van der Waals surface area contributed by atoms with Gasteiger partial charge in [0.1, 0.15) is 12.6 Å². The zero-order valence-corrected chi connectivity index (χ0v) is 13.6.